The Morgan fingerprint density at radius 3 is 2.33 bits per heavy atom. The van der Waals surface area contributed by atoms with Crippen molar-refractivity contribution in [2.24, 2.45) is 0 Å². The Hall–Kier alpha value is -2.15. The Morgan fingerprint density at radius 1 is 1.19 bits per heavy atom. The lowest BCUT2D eigenvalue weighted by Crippen LogP contribution is -2.44. The number of hydrogen-bond donors (Lipinski definition) is 3. The van der Waals surface area contributed by atoms with Crippen molar-refractivity contribution in [3.63, 3.8) is 0 Å². The predicted molar refractivity (Wildman–Crippen MR) is 80.2 cm³/mol. The van der Waals surface area contributed by atoms with E-state index in [-0.39, 0.29) is 0 Å². The van der Waals surface area contributed by atoms with Crippen LogP contribution in [0.2, 0.25) is 5.02 Å². The van der Waals surface area contributed by atoms with E-state index in [9.17, 15) is 9.59 Å². The number of anilines is 1. The van der Waals surface area contributed by atoms with Crippen LogP contribution in [0.3, 0.4) is 0 Å². The highest BCUT2D eigenvalue weighted by Gasteiger charge is 2.18. The van der Waals surface area contributed by atoms with E-state index >= 15 is 0 Å². The van der Waals surface area contributed by atoms with E-state index in [0.717, 1.165) is 0 Å². The van der Waals surface area contributed by atoms with Crippen LogP contribution in [0.5, 0.6) is 11.5 Å². The Labute approximate surface area is 127 Å². The summed E-state index contributed by atoms with van der Waals surface area (Å²) in [6.45, 7) is 1.61. The number of ether oxygens (including phenoxy) is 2. The molecule has 21 heavy (non-hydrogen) atoms. The molecule has 0 aliphatic heterocycles. The van der Waals surface area contributed by atoms with Gasteiger partial charge in [0.05, 0.1) is 24.9 Å². The minimum Gasteiger partial charge on any atom is -0.495 e. The van der Waals surface area contributed by atoms with E-state index in [1.165, 1.54) is 21.3 Å². The van der Waals surface area contributed by atoms with Gasteiger partial charge in [0.15, 0.2) is 0 Å². The van der Waals surface area contributed by atoms with Crippen LogP contribution in [0.4, 0.5) is 10.5 Å². The molecule has 1 aromatic rings. The summed E-state index contributed by atoms with van der Waals surface area (Å²) in [6, 6.07) is 1.95. The molecule has 1 rings (SSSR count). The second kappa shape index (κ2) is 7.58. The molecule has 0 aliphatic carbocycles. The molecule has 8 heteroatoms. The van der Waals surface area contributed by atoms with Crippen LogP contribution in [0.1, 0.15) is 6.92 Å². The number of halogens is 1. The molecule has 0 heterocycles. The first-order chi connectivity index (χ1) is 9.92. The van der Waals surface area contributed by atoms with Gasteiger partial charge in [-0.05, 0) is 13.0 Å². The van der Waals surface area contributed by atoms with Gasteiger partial charge in [-0.25, -0.2) is 4.79 Å². The molecule has 1 aromatic carbocycles. The van der Waals surface area contributed by atoms with Crippen LogP contribution in [-0.2, 0) is 4.79 Å². The van der Waals surface area contributed by atoms with E-state index in [4.69, 9.17) is 21.1 Å². The van der Waals surface area contributed by atoms with E-state index < -0.39 is 18.0 Å². The van der Waals surface area contributed by atoms with Gasteiger partial charge in [0.2, 0.25) is 5.91 Å². The zero-order valence-electron chi connectivity index (χ0n) is 12.2. The highest BCUT2D eigenvalue weighted by molar-refractivity contribution is 6.32. The lowest BCUT2D eigenvalue weighted by molar-refractivity contribution is -0.120. The van der Waals surface area contributed by atoms with Crippen molar-refractivity contribution in [2.45, 2.75) is 13.0 Å². The van der Waals surface area contributed by atoms with Gasteiger partial charge in [-0.2, -0.15) is 0 Å². The molecule has 0 saturated carbocycles. The van der Waals surface area contributed by atoms with Crippen LogP contribution >= 0.6 is 11.6 Å². The zero-order chi connectivity index (χ0) is 16.0. The number of carbonyl (C=O) groups is 2. The average Bonchev–Trinajstić information content (AvgIpc) is 2.47. The maximum absolute atomic E-state index is 11.8. The van der Waals surface area contributed by atoms with E-state index in [2.05, 4.69) is 16.0 Å². The molecule has 0 radical (unpaired) electrons. The fourth-order valence-corrected chi connectivity index (χ4v) is 1.80. The number of hydrogen-bond acceptors (Lipinski definition) is 5. The van der Waals surface area contributed by atoms with Crippen LogP contribution in [0, 0.1) is 0 Å². The maximum atomic E-state index is 11.8. The summed E-state index contributed by atoms with van der Waals surface area (Å²) in [4.78, 5) is 22.9. The summed E-state index contributed by atoms with van der Waals surface area (Å²) in [5.74, 6) is 0.445. The molecule has 0 aliphatic rings. The van der Waals surface area contributed by atoms with Gasteiger partial charge >= 0.3 is 6.03 Å². The fraction of sp³-hybridized carbons (Fsp3) is 0.385. The predicted octanol–water partition coefficient (Wildman–Crippen LogP) is 1.61. The summed E-state index contributed by atoms with van der Waals surface area (Å²) in [5.41, 5.74) is 0.517. The zero-order valence-corrected chi connectivity index (χ0v) is 13.0. The van der Waals surface area contributed by atoms with Crippen LogP contribution in [0.15, 0.2) is 12.1 Å². The van der Waals surface area contributed by atoms with Gasteiger partial charge in [-0.15, -0.1) is 0 Å². The quantitative estimate of drug-likeness (QED) is 0.768. The molecule has 116 valence electrons. The standard InChI is InChI=1S/C13H18ClN3O4/c1-7(12(18)17-13(19)15-2)16-9-5-8(14)10(20-3)6-11(9)21-4/h5-7,16H,1-4H3,(H2,15,17,18,19)/t7-/m1/s1. The van der Waals surface area contributed by atoms with Crippen molar-refractivity contribution in [1.29, 1.82) is 0 Å². The van der Waals surface area contributed by atoms with Crippen LogP contribution in [0.25, 0.3) is 0 Å². The SMILES string of the molecule is CNC(=O)NC(=O)[C@@H](C)Nc1cc(Cl)c(OC)cc1OC. The fourth-order valence-electron chi connectivity index (χ4n) is 1.55. The minimum absolute atomic E-state index is 0.375. The smallest absolute Gasteiger partial charge is 0.321 e. The van der Waals surface area contributed by atoms with Crippen molar-refractivity contribution in [2.75, 3.05) is 26.6 Å². The Bertz CT molecular complexity index is 536. The molecule has 7 nitrogen and oxygen atoms in total. The highest BCUT2D eigenvalue weighted by Crippen LogP contribution is 2.36. The number of amides is 3. The number of nitrogens with one attached hydrogen (secondary N) is 3. The third-order valence-electron chi connectivity index (χ3n) is 2.70. The normalized spacial score (nSPS) is 11.3. The van der Waals surface area contributed by atoms with Crippen molar-refractivity contribution in [3.8, 4) is 11.5 Å². The van der Waals surface area contributed by atoms with Crippen molar-refractivity contribution in [1.82, 2.24) is 10.6 Å². The third kappa shape index (κ3) is 4.42. The molecule has 3 N–H and O–H groups in total. The number of benzene rings is 1. The summed E-state index contributed by atoms with van der Waals surface area (Å²) in [5, 5.41) is 7.78. The average molecular weight is 316 g/mol. The van der Waals surface area contributed by atoms with Gasteiger partial charge in [-0.3, -0.25) is 10.1 Å². The largest absolute Gasteiger partial charge is 0.495 e. The summed E-state index contributed by atoms with van der Waals surface area (Å²) in [7, 11) is 4.41. The molecule has 1 atom stereocenters. The van der Waals surface area contributed by atoms with Crippen molar-refractivity contribution >= 4 is 29.2 Å². The summed E-state index contributed by atoms with van der Waals surface area (Å²) >= 11 is 6.04. The number of urea groups is 1. The summed E-state index contributed by atoms with van der Waals surface area (Å²) < 4.78 is 10.3. The topological polar surface area (TPSA) is 88.7 Å². The third-order valence-corrected chi connectivity index (χ3v) is 3.00. The number of methoxy groups -OCH3 is 2. The minimum atomic E-state index is -0.666. The van der Waals surface area contributed by atoms with Crippen molar-refractivity contribution < 1.29 is 19.1 Å². The van der Waals surface area contributed by atoms with Gasteiger partial charge < -0.3 is 20.1 Å². The molecular formula is C13H18ClN3O4. The van der Waals surface area contributed by atoms with E-state index in [0.29, 0.717) is 22.2 Å². The molecule has 3 amide bonds. The number of imide groups is 1. The lowest BCUT2D eigenvalue weighted by atomic mass is 10.2. The van der Waals surface area contributed by atoms with Gasteiger partial charge in [0, 0.05) is 13.1 Å². The molecule has 0 bridgehead atoms. The molecule has 0 unspecified atom stereocenters. The molecular weight excluding hydrogens is 298 g/mol. The lowest BCUT2D eigenvalue weighted by Gasteiger charge is -2.18. The Morgan fingerprint density at radius 2 is 1.81 bits per heavy atom. The number of carbonyl (C=O) groups excluding carboxylic acids is 2. The molecule has 0 aromatic heterocycles. The first kappa shape index (κ1) is 16.9. The maximum Gasteiger partial charge on any atom is 0.321 e. The highest BCUT2D eigenvalue weighted by atomic mass is 35.5. The molecule has 0 saturated heterocycles. The van der Waals surface area contributed by atoms with Crippen LogP contribution < -0.4 is 25.4 Å². The second-order valence-electron chi connectivity index (χ2n) is 4.12. The Kier molecular flexibility index (Phi) is 6.10. The summed E-state index contributed by atoms with van der Waals surface area (Å²) in [6.07, 6.45) is 0. The van der Waals surface area contributed by atoms with Gasteiger partial charge in [-0.1, -0.05) is 11.6 Å². The van der Waals surface area contributed by atoms with Gasteiger partial charge in [0.25, 0.3) is 0 Å². The number of rotatable bonds is 5. The second-order valence-corrected chi connectivity index (χ2v) is 4.53. The van der Waals surface area contributed by atoms with Gasteiger partial charge in [0.1, 0.15) is 17.5 Å². The Balaban J connectivity index is 2.89. The first-order valence-electron chi connectivity index (χ1n) is 6.13. The molecule has 0 spiro atoms. The van der Waals surface area contributed by atoms with E-state index in [1.807, 2.05) is 0 Å². The monoisotopic (exact) mass is 315 g/mol. The first-order valence-corrected chi connectivity index (χ1v) is 6.51. The molecule has 0 fully saturated rings. The van der Waals surface area contributed by atoms with Crippen LogP contribution in [-0.4, -0.2) is 39.2 Å². The van der Waals surface area contributed by atoms with Crippen molar-refractivity contribution in [3.05, 3.63) is 17.2 Å². The van der Waals surface area contributed by atoms with E-state index in [1.54, 1.807) is 19.1 Å².